The maximum Gasteiger partial charge on any atom is 0.275 e. The van der Waals surface area contributed by atoms with Crippen LogP contribution < -0.4 is 0 Å². The molecule has 0 N–H and O–H groups in total. The summed E-state index contributed by atoms with van der Waals surface area (Å²) in [6.45, 7) is 0. The van der Waals surface area contributed by atoms with Crippen LogP contribution in [0.15, 0.2) is 18.2 Å². The normalized spacial score (nSPS) is 9.79. The van der Waals surface area contributed by atoms with E-state index in [9.17, 15) is 19.3 Å². The van der Waals surface area contributed by atoms with Crippen molar-refractivity contribution < 1.29 is 14.1 Å². The molecule has 0 unspecified atom stereocenters. The average Bonchev–Trinajstić information content (AvgIpc) is 2.15. The number of nitrogens with zero attached hydrogens (tertiary/aromatic N) is 1. The smallest absolute Gasteiger partial charge is 0.275 e. The summed E-state index contributed by atoms with van der Waals surface area (Å²) in [6, 6.07) is 3.65. The van der Waals surface area contributed by atoms with Gasteiger partial charge in [0.25, 0.3) is 5.69 Å². The first-order valence-electron chi connectivity index (χ1n) is 4.02. The van der Waals surface area contributed by atoms with Crippen molar-refractivity contribution >= 4 is 12.0 Å². The predicted molar refractivity (Wildman–Crippen MR) is 47.4 cm³/mol. The van der Waals surface area contributed by atoms with Crippen LogP contribution in [0.3, 0.4) is 0 Å². The second-order valence-electron chi connectivity index (χ2n) is 2.70. The van der Waals surface area contributed by atoms with Gasteiger partial charge in [-0.2, -0.15) is 0 Å². The molecule has 4 nitrogen and oxygen atoms in total. The lowest BCUT2D eigenvalue weighted by Crippen LogP contribution is -1.99. The number of rotatable bonds is 4. The molecule has 0 saturated carbocycles. The van der Waals surface area contributed by atoms with Gasteiger partial charge in [-0.05, 0) is 12.5 Å². The molecule has 0 heterocycles. The van der Waals surface area contributed by atoms with Crippen LogP contribution in [0.2, 0.25) is 0 Å². The van der Waals surface area contributed by atoms with Gasteiger partial charge in [0, 0.05) is 12.5 Å². The van der Waals surface area contributed by atoms with Gasteiger partial charge in [0.05, 0.1) is 10.5 Å². The number of carbonyl (C=O) groups is 1. The molecular formula is C9H8FNO3. The van der Waals surface area contributed by atoms with Gasteiger partial charge < -0.3 is 4.79 Å². The van der Waals surface area contributed by atoms with E-state index < -0.39 is 10.7 Å². The molecule has 1 aromatic rings. The Bertz CT molecular complexity index is 365. The molecule has 0 atom stereocenters. The molecule has 0 saturated heterocycles. The highest BCUT2D eigenvalue weighted by molar-refractivity contribution is 5.52. The predicted octanol–water partition coefficient (Wildman–Crippen LogP) is 1.87. The van der Waals surface area contributed by atoms with Crippen LogP contribution >= 0.6 is 0 Å². The largest absolute Gasteiger partial charge is 0.303 e. The van der Waals surface area contributed by atoms with Crippen LogP contribution in [-0.2, 0) is 11.2 Å². The van der Waals surface area contributed by atoms with Crippen LogP contribution in [0.1, 0.15) is 12.0 Å². The minimum atomic E-state index is -0.650. The first-order valence-corrected chi connectivity index (χ1v) is 4.02. The van der Waals surface area contributed by atoms with Crippen molar-refractivity contribution in [3.63, 3.8) is 0 Å². The molecule has 1 aromatic carbocycles. The fourth-order valence-corrected chi connectivity index (χ4v) is 1.17. The standard InChI is InChI=1S/C9H8FNO3/c10-8-4-1-5-9(11(13)14)7(8)3-2-6-12/h1,4-6H,2-3H2. The lowest BCUT2D eigenvalue weighted by molar-refractivity contribution is -0.385. The molecule has 0 aromatic heterocycles. The number of hydrogen-bond donors (Lipinski definition) is 0. The summed E-state index contributed by atoms with van der Waals surface area (Å²) in [5, 5.41) is 10.5. The van der Waals surface area contributed by atoms with Crippen LogP contribution in [0.25, 0.3) is 0 Å². The number of aldehydes is 1. The lowest BCUT2D eigenvalue weighted by atomic mass is 10.1. The zero-order valence-corrected chi connectivity index (χ0v) is 7.27. The van der Waals surface area contributed by atoms with Gasteiger partial charge >= 0.3 is 0 Å². The lowest BCUT2D eigenvalue weighted by Gasteiger charge is -2.01. The zero-order valence-electron chi connectivity index (χ0n) is 7.27. The van der Waals surface area contributed by atoms with Gasteiger partial charge in [-0.25, -0.2) is 4.39 Å². The SMILES string of the molecule is O=CCCc1c(F)cccc1[N+](=O)[O-]. The third-order valence-electron chi connectivity index (χ3n) is 1.80. The fraction of sp³-hybridized carbons (Fsp3) is 0.222. The van der Waals surface area contributed by atoms with Gasteiger partial charge in [-0.1, -0.05) is 6.07 Å². The second-order valence-corrected chi connectivity index (χ2v) is 2.70. The molecule has 1 rings (SSSR count). The summed E-state index contributed by atoms with van der Waals surface area (Å²) in [4.78, 5) is 19.9. The van der Waals surface area contributed by atoms with Gasteiger partial charge in [-0.3, -0.25) is 10.1 Å². The van der Waals surface area contributed by atoms with Crippen molar-refractivity contribution in [3.05, 3.63) is 39.7 Å². The highest BCUT2D eigenvalue weighted by Crippen LogP contribution is 2.22. The zero-order chi connectivity index (χ0) is 10.6. The fourth-order valence-electron chi connectivity index (χ4n) is 1.17. The highest BCUT2D eigenvalue weighted by atomic mass is 19.1. The number of benzene rings is 1. The third-order valence-corrected chi connectivity index (χ3v) is 1.80. The van der Waals surface area contributed by atoms with E-state index in [1.54, 1.807) is 0 Å². The van der Waals surface area contributed by atoms with E-state index in [1.165, 1.54) is 12.1 Å². The molecule has 0 fully saturated rings. The van der Waals surface area contributed by atoms with Crippen molar-refractivity contribution in [1.29, 1.82) is 0 Å². The minimum Gasteiger partial charge on any atom is -0.303 e. The average molecular weight is 197 g/mol. The Kier molecular flexibility index (Phi) is 3.28. The van der Waals surface area contributed by atoms with Crippen molar-refractivity contribution in [2.45, 2.75) is 12.8 Å². The molecule has 74 valence electrons. The third kappa shape index (κ3) is 2.12. The maximum absolute atomic E-state index is 13.1. The van der Waals surface area contributed by atoms with Gasteiger partial charge in [0.15, 0.2) is 0 Å². The Balaban J connectivity index is 3.08. The van der Waals surface area contributed by atoms with E-state index in [0.29, 0.717) is 6.29 Å². The number of nitro groups is 1. The van der Waals surface area contributed by atoms with Gasteiger partial charge in [0.1, 0.15) is 12.1 Å². The molecular weight excluding hydrogens is 189 g/mol. The van der Waals surface area contributed by atoms with E-state index in [2.05, 4.69) is 0 Å². The quantitative estimate of drug-likeness (QED) is 0.420. The Morgan fingerprint density at radius 3 is 2.79 bits per heavy atom. The Morgan fingerprint density at radius 1 is 1.50 bits per heavy atom. The van der Waals surface area contributed by atoms with E-state index in [-0.39, 0.29) is 24.1 Å². The maximum atomic E-state index is 13.1. The summed E-state index contributed by atoms with van der Waals surface area (Å²) in [6.07, 6.45) is 0.754. The molecule has 0 amide bonds. The Hall–Kier alpha value is -1.78. The molecule has 0 aliphatic carbocycles. The molecule has 0 spiro atoms. The number of nitro benzene ring substituents is 1. The number of hydrogen-bond acceptors (Lipinski definition) is 3. The van der Waals surface area contributed by atoms with Crippen LogP contribution in [0.5, 0.6) is 0 Å². The minimum absolute atomic E-state index is 0.00963. The van der Waals surface area contributed by atoms with Crippen LogP contribution in [0.4, 0.5) is 10.1 Å². The topological polar surface area (TPSA) is 60.2 Å². The van der Waals surface area contributed by atoms with Crippen molar-refractivity contribution in [2.24, 2.45) is 0 Å². The molecule has 0 aliphatic rings. The van der Waals surface area contributed by atoms with Crippen LogP contribution in [-0.4, -0.2) is 11.2 Å². The monoisotopic (exact) mass is 197 g/mol. The Morgan fingerprint density at radius 2 is 2.21 bits per heavy atom. The Labute approximate surface area is 79.5 Å². The van der Waals surface area contributed by atoms with E-state index in [0.717, 1.165) is 6.07 Å². The van der Waals surface area contributed by atoms with Gasteiger partial charge in [-0.15, -0.1) is 0 Å². The summed E-state index contributed by atoms with van der Waals surface area (Å²) in [5.74, 6) is -0.638. The number of halogens is 1. The molecule has 5 heteroatoms. The van der Waals surface area contributed by atoms with Gasteiger partial charge in [0.2, 0.25) is 0 Å². The van der Waals surface area contributed by atoms with Crippen molar-refractivity contribution in [2.75, 3.05) is 0 Å². The first kappa shape index (κ1) is 10.3. The van der Waals surface area contributed by atoms with Crippen LogP contribution in [0, 0.1) is 15.9 Å². The van der Waals surface area contributed by atoms with E-state index in [4.69, 9.17) is 0 Å². The summed E-state index contributed by atoms with van der Waals surface area (Å²) < 4.78 is 13.1. The summed E-state index contributed by atoms with van der Waals surface area (Å²) in [7, 11) is 0. The molecule has 0 aliphatic heterocycles. The molecule has 14 heavy (non-hydrogen) atoms. The molecule has 0 bridgehead atoms. The second kappa shape index (κ2) is 4.45. The number of carbonyl (C=O) groups excluding carboxylic acids is 1. The van der Waals surface area contributed by atoms with Crippen molar-refractivity contribution in [3.8, 4) is 0 Å². The van der Waals surface area contributed by atoms with Crippen molar-refractivity contribution in [1.82, 2.24) is 0 Å². The van der Waals surface area contributed by atoms with E-state index >= 15 is 0 Å². The van der Waals surface area contributed by atoms with E-state index in [1.807, 2.05) is 0 Å². The first-order chi connectivity index (χ1) is 6.66. The molecule has 0 radical (unpaired) electrons. The summed E-state index contributed by atoms with van der Waals surface area (Å²) in [5.41, 5.74) is -0.281. The highest BCUT2D eigenvalue weighted by Gasteiger charge is 2.16. The summed E-state index contributed by atoms with van der Waals surface area (Å²) >= 11 is 0.